The first-order valence-electron chi connectivity index (χ1n) is 7.58. The molecule has 5 heteroatoms. The summed E-state index contributed by atoms with van der Waals surface area (Å²) >= 11 is 0. The Bertz CT molecular complexity index is 682. The number of hydrogen-bond acceptors (Lipinski definition) is 4. The van der Waals surface area contributed by atoms with Crippen LogP contribution in [-0.2, 0) is 0 Å². The van der Waals surface area contributed by atoms with Crippen LogP contribution in [0, 0.1) is 12.8 Å². The molecule has 1 amide bonds. The number of hydrogen-bond donors (Lipinski definition) is 1. The quantitative estimate of drug-likeness (QED) is 0.916. The van der Waals surface area contributed by atoms with Crippen molar-refractivity contribution in [3.8, 4) is 0 Å². The van der Waals surface area contributed by atoms with Gasteiger partial charge in [-0.2, -0.15) is 0 Å². The van der Waals surface area contributed by atoms with Crippen LogP contribution < -0.4 is 5.32 Å². The standard InChI is InChI=1S/C16H19N3O2/c1-10-17-14-3-2-12(7-15(14)21-10)16(20)18-13-6-11-4-5-19(8-11)9-13/h2-3,7,11,13H,4-6,8-9H2,1H3,(H,18,20)/t11-,13-/m1/s1. The van der Waals surface area contributed by atoms with Crippen LogP contribution in [0.4, 0.5) is 0 Å². The van der Waals surface area contributed by atoms with E-state index in [1.165, 1.54) is 19.5 Å². The Morgan fingerprint density at radius 1 is 1.43 bits per heavy atom. The van der Waals surface area contributed by atoms with Crippen molar-refractivity contribution >= 4 is 17.0 Å². The van der Waals surface area contributed by atoms with E-state index in [1.807, 2.05) is 19.1 Å². The van der Waals surface area contributed by atoms with E-state index in [0.29, 0.717) is 17.0 Å². The highest BCUT2D eigenvalue weighted by molar-refractivity contribution is 5.97. The van der Waals surface area contributed by atoms with Gasteiger partial charge in [-0.1, -0.05) is 0 Å². The first-order chi connectivity index (χ1) is 10.2. The zero-order chi connectivity index (χ0) is 14.4. The van der Waals surface area contributed by atoms with Crippen LogP contribution in [0.25, 0.3) is 11.1 Å². The van der Waals surface area contributed by atoms with E-state index in [1.54, 1.807) is 6.07 Å². The summed E-state index contributed by atoms with van der Waals surface area (Å²) in [6.07, 6.45) is 2.38. The number of nitrogens with one attached hydrogen (secondary N) is 1. The lowest BCUT2D eigenvalue weighted by molar-refractivity contribution is 0.0909. The van der Waals surface area contributed by atoms with Crippen molar-refractivity contribution in [1.82, 2.24) is 15.2 Å². The molecule has 0 radical (unpaired) electrons. The van der Waals surface area contributed by atoms with Gasteiger partial charge in [0.1, 0.15) is 5.52 Å². The number of carbonyl (C=O) groups is 1. The van der Waals surface area contributed by atoms with Gasteiger partial charge in [-0.05, 0) is 43.5 Å². The van der Waals surface area contributed by atoms with E-state index in [0.717, 1.165) is 24.4 Å². The summed E-state index contributed by atoms with van der Waals surface area (Å²) in [5.41, 5.74) is 2.12. The fourth-order valence-electron chi connectivity index (χ4n) is 3.61. The third-order valence-corrected chi connectivity index (χ3v) is 4.56. The molecule has 0 spiro atoms. The van der Waals surface area contributed by atoms with Crippen molar-refractivity contribution in [2.45, 2.75) is 25.8 Å². The summed E-state index contributed by atoms with van der Waals surface area (Å²) in [7, 11) is 0. The molecule has 2 bridgehead atoms. The van der Waals surface area contributed by atoms with E-state index in [2.05, 4.69) is 15.2 Å². The molecule has 2 aliphatic heterocycles. The van der Waals surface area contributed by atoms with Crippen LogP contribution in [0.1, 0.15) is 29.1 Å². The first-order valence-corrected chi connectivity index (χ1v) is 7.58. The maximum absolute atomic E-state index is 12.4. The molecule has 1 aromatic carbocycles. The number of piperidine rings is 1. The number of benzene rings is 1. The lowest BCUT2D eigenvalue weighted by Gasteiger charge is -2.30. The molecule has 2 aromatic rings. The van der Waals surface area contributed by atoms with E-state index in [9.17, 15) is 4.79 Å². The molecule has 1 unspecified atom stereocenters. The third kappa shape index (κ3) is 2.42. The molecule has 1 aromatic heterocycles. The average molecular weight is 285 g/mol. The minimum atomic E-state index is -0.0153. The van der Waals surface area contributed by atoms with Gasteiger partial charge in [0.15, 0.2) is 11.5 Å². The number of aromatic nitrogens is 1. The van der Waals surface area contributed by atoms with E-state index < -0.39 is 0 Å². The van der Waals surface area contributed by atoms with Crippen molar-refractivity contribution in [3.05, 3.63) is 29.7 Å². The second kappa shape index (κ2) is 4.84. The largest absolute Gasteiger partial charge is 0.441 e. The van der Waals surface area contributed by atoms with Gasteiger partial charge in [-0.25, -0.2) is 4.98 Å². The van der Waals surface area contributed by atoms with Gasteiger partial charge in [0.05, 0.1) is 0 Å². The molecule has 110 valence electrons. The molecule has 0 saturated carbocycles. The minimum Gasteiger partial charge on any atom is -0.441 e. The van der Waals surface area contributed by atoms with Gasteiger partial charge in [-0.3, -0.25) is 4.79 Å². The molecule has 3 heterocycles. The predicted molar refractivity (Wildman–Crippen MR) is 79.2 cm³/mol. The summed E-state index contributed by atoms with van der Waals surface area (Å²) in [5, 5.41) is 3.16. The van der Waals surface area contributed by atoms with Crippen molar-refractivity contribution in [3.63, 3.8) is 0 Å². The highest BCUT2D eigenvalue weighted by Gasteiger charge is 2.32. The highest BCUT2D eigenvalue weighted by atomic mass is 16.3. The lowest BCUT2D eigenvalue weighted by atomic mass is 9.96. The number of nitrogens with zero attached hydrogens (tertiary/aromatic N) is 2. The summed E-state index contributed by atoms with van der Waals surface area (Å²) in [5.74, 6) is 1.36. The van der Waals surface area contributed by atoms with Crippen LogP contribution in [0.15, 0.2) is 22.6 Å². The van der Waals surface area contributed by atoms with Gasteiger partial charge in [0, 0.05) is 31.6 Å². The normalized spacial score (nSPS) is 28.0. The molecule has 4 rings (SSSR count). The molecule has 0 aliphatic carbocycles. The SMILES string of the molecule is Cc1nc2ccc(C(=O)N[C@@H]3C[C@H]4CCN(C4)C3)cc2o1. The monoisotopic (exact) mass is 285 g/mol. The van der Waals surface area contributed by atoms with Crippen LogP contribution in [0.5, 0.6) is 0 Å². The molecular formula is C16H19N3O2. The maximum Gasteiger partial charge on any atom is 0.251 e. The molecular weight excluding hydrogens is 266 g/mol. The Morgan fingerprint density at radius 2 is 2.33 bits per heavy atom. The van der Waals surface area contributed by atoms with E-state index in [-0.39, 0.29) is 11.9 Å². The van der Waals surface area contributed by atoms with Crippen LogP contribution in [-0.4, -0.2) is 41.5 Å². The number of rotatable bonds is 2. The highest BCUT2D eigenvalue weighted by Crippen LogP contribution is 2.27. The molecule has 5 nitrogen and oxygen atoms in total. The van der Waals surface area contributed by atoms with Gasteiger partial charge in [-0.15, -0.1) is 0 Å². The fourth-order valence-corrected chi connectivity index (χ4v) is 3.61. The second-order valence-corrected chi connectivity index (χ2v) is 6.24. The van der Waals surface area contributed by atoms with Crippen molar-refractivity contribution in [2.75, 3.05) is 19.6 Å². The lowest BCUT2D eigenvalue weighted by Crippen LogP contribution is -2.47. The van der Waals surface area contributed by atoms with E-state index in [4.69, 9.17) is 4.42 Å². The fraction of sp³-hybridized carbons (Fsp3) is 0.500. The number of carbonyl (C=O) groups excluding carboxylic acids is 1. The number of amides is 1. The Morgan fingerprint density at radius 3 is 3.19 bits per heavy atom. The predicted octanol–water partition coefficient (Wildman–Crippen LogP) is 1.96. The molecule has 2 fully saturated rings. The Kier molecular flexibility index (Phi) is 2.96. The second-order valence-electron chi connectivity index (χ2n) is 6.24. The van der Waals surface area contributed by atoms with E-state index >= 15 is 0 Å². The van der Waals surface area contributed by atoms with Crippen LogP contribution in [0.2, 0.25) is 0 Å². The molecule has 1 N–H and O–H groups in total. The minimum absolute atomic E-state index is 0.0153. The van der Waals surface area contributed by atoms with Gasteiger partial charge < -0.3 is 14.6 Å². The van der Waals surface area contributed by atoms with Crippen molar-refractivity contribution in [1.29, 1.82) is 0 Å². The zero-order valence-corrected chi connectivity index (χ0v) is 12.1. The number of oxazole rings is 1. The van der Waals surface area contributed by atoms with Gasteiger partial charge in [0.2, 0.25) is 0 Å². The summed E-state index contributed by atoms with van der Waals surface area (Å²) < 4.78 is 5.49. The topological polar surface area (TPSA) is 58.4 Å². The van der Waals surface area contributed by atoms with Crippen LogP contribution in [0.3, 0.4) is 0 Å². The van der Waals surface area contributed by atoms with Crippen molar-refractivity contribution in [2.24, 2.45) is 5.92 Å². The Labute approximate surface area is 123 Å². The third-order valence-electron chi connectivity index (χ3n) is 4.56. The summed E-state index contributed by atoms with van der Waals surface area (Å²) in [6.45, 7) is 5.17. The first kappa shape index (κ1) is 12.8. The Balaban J connectivity index is 1.50. The number of fused-ring (bicyclic) bond motifs is 3. The molecule has 2 saturated heterocycles. The molecule has 21 heavy (non-hydrogen) atoms. The molecule has 2 aliphatic rings. The summed E-state index contributed by atoms with van der Waals surface area (Å²) in [6, 6.07) is 5.71. The van der Waals surface area contributed by atoms with Crippen LogP contribution >= 0.6 is 0 Å². The average Bonchev–Trinajstić information content (AvgIpc) is 2.99. The van der Waals surface area contributed by atoms with Crippen molar-refractivity contribution < 1.29 is 9.21 Å². The summed E-state index contributed by atoms with van der Waals surface area (Å²) in [4.78, 5) is 19.1. The molecule has 3 atom stereocenters. The Hall–Kier alpha value is -1.88. The number of aryl methyl sites for hydroxylation is 1. The van der Waals surface area contributed by atoms with Gasteiger partial charge >= 0.3 is 0 Å². The van der Waals surface area contributed by atoms with Gasteiger partial charge in [0.25, 0.3) is 5.91 Å². The maximum atomic E-state index is 12.4. The zero-order valence-electron chi connectivity index (χ0n) is 12.1. The smallest absolute Gasteiger partial charge is 0.251 e.